The number of amides is 1. The first-order valence-corrected chi connectivity index (χ1v) is 14.2. The number of halogens is 1. The summed E-state index contributed by atoms with van der Waals surface area (Å²) in [5, 5.41) is 0.427. The summed E-state index contributed by atoms with van der Waals surface area (Å²) in [6, 6.07) is 16.8. The average molecular weight is 581 g/mol. The van der Waals surface area contributed by atoms with Gasteiger partial charge >= 0.3 is 5.97 Å². The lowest BCUT2D eigenvalue weighted by Crippen LogP contribution is -2.30. The van der Waals surface area contributed by atoms with Crippen LogP contribution < -0.4 is 0 Å². The first-order chi connectivity index (χ1) is 19.0. The van der Waals surface area contributed by atoms with Crippen molar-refractivity contribution in [1.82, 2.24) is 9.21 Å². The quantitative estimate of drug-likeness (QED) is 0.179. The standard InChI is InChI=1S/C30H29ClN2O6S/c1-5-16-33-21(3)28(30(35)38-4)27(29(33)34)17-24-12-13-25(39-24)19-32(18-22-8-6-20(2)7-9-22)40(36,37)26-14-10-23(31)11-15-26/h5-15,17H,1,16,18-19H2,2-4H3/b27-17+. The number of nitrogens with zero attached hydrogens (tertiary/aromatic N) is 2. The molecule has 3 aromatic rings. The Labute approximate surface area is 238 Å². The second-order valence-electron chi connectivity index (χ2n) is 9.23. The smallest absolute Gasteiger partial charge is 0.340 e. The van der Waals surface area contributed by atoms with Gasteiger partial charge in [0.25, 0.3) is 5.91 Å². The Bertz CT molecular complexity index is 1600. The van der Waals surface area contributed by atoms with E-state index >= 15 is 0 Å². The molecule has 0 N–H and O–H groups in total. The maximum atomic E-state index is 13.6. The monoisotopic (exact) mass is 580 g/mol. The van der Waals surface area contributed by atoms with E-state index in [1.54, 1.807) is 25.1 Å². The zero-order valence-electron chi connectivity index (χ0n) is 22.4. The molecule has 2 heterocycles. The predicted molar refractivity (Wildman–Crippen MR) is 152 cm³/mol. The number of ether oxygens (including phenoxy) is 1. The van der Waals surface area contributed by atoms with E-state index in [4.69, 9.17) is 20.8 Å². The van der Waals surface area contributed by atoms with Crippen LogP contribution >= 0.6 is 11.6 Å². The fourth-order valence-electron chi connectivity index (χ4n) is 4.33. The van der Waals surface area contributed by atoms with Crippen molar-refractivity contribution in [3.63, 3.8) is 0 Å². The molecule has 208 valence electrons. The van der Waals surface area contributed by atoms with Gasteiger partial charge in [0.2, 0.25) is 10.0 Å². The number of allylic oxidation sites excluding steroid dienone is 1. The van der Waals surface area contributed by atoms with Crippen LogP contribution in [-0.4, -0.2) is 43.2 Å². The van der Waals surface area contributed by atoms with Gasteiger partial charge in [0.15, 0.2) is 0 Å². The number of esters is 1. The summed E-state index contributed by atoms with van der Waals surface area (Å²) in [6.45, 7) is 7.54. The van der Waals surface area contributed by atoms with Crippen molar-refractivity contribution in [2.45, 2.75) is 31.8 Å². The molecule has 0 unspecified atom stereocenters. The molecule has 4 rings (SSSR count). The van der Waals surface area contributed by atoms with Crippen molar-refractivity contribution < 1.29 is 27.2 Å². The third-order valence-corrected chi connectivity index (χ3v) is 8.50. The van der Waals surface area contributed by atoms with Crippen LogP contribution in [0, 0.1) is 6.92 Å². The number of rotatable bonds is 10. The summed E-state index contributed by atoms with van der Waals surface area (Å²) in [4.78, 5) is 27.1. The molecule has 0 aliphatic carbocycles. The topological polar surface area (TPSA) is 97.1 Å². The van der Waals surface area contributed by atoms with Crippen LogP contribution in [0.15, 0.2) is 99.5 Å². The molecule has 0 atom stereocenters. The van der Waals surface area contributed by atoms with Crippen molar-refractivity contribution in [3.05, 3.63) is 118 Å². The van der Waals surface area contributed by atoms with E-state index in [0.717, 1.165) is 11.1 Å². The third kappa shape index (κ3) is 6.12. The van der Waals surface area contributed by atoms with Gasteiger partial charge in [-0.05, 0) is 61.9 Å². The maximum absolute atomic E-state index is 13.6. The SMILES string of the molecule is C=CCN1C(=O)/C(=C/c2ccc(CN(Cc3ccc(C)cc3)S(=O)(=O)c3ccc(Cl)cc3)o2)C(C(=O)OC)=C1C. The summed E-state index contributed by atoms with van der Waals surface area (Å²) < 4.78 is 39.5. The van der Waals surface area contributed by atoms with Crippen LogP contribution in [0.1, 0.15) is 29.6 Å². The second-order valence-corrected chi connectivity index (χ2v) is 11.6. The van der Waals surface area contributed by atoms with Gasteiger partial charge in [-0.2, -0.15) is 4.31 Å². The van der Waals surface area contributed by atoms with E-state index in [0.29, 0.717) is 16.5 Å². The van der Waals surface area contributed by atoms with Gasteiger partial charge in [0.05, 0.1) is 29.7 Å². The Hall–Kier alpha value is -3.92. The minimum atomic E-state index is -3.93. The normalized spacial score (nSPS) is 14.9. The van der Waals surface area contributed by atoms with E-state index in [1.807, 2.05) is 31.2 Å². The molecule has 0 saturated carbocycles. The summed E-state index contributed by atoms with van der Waals surface area (Å²) in [5.41, 5.74) is 2.58. The molecular formula is C30H29ClN2O6S. The summed E-state index contributed by atoms with van der Waals surface area (Å²) in [7, 11) is -2.68. The van der Waals surface area contributed by atoms with Crippen LogP contribution in [0.25, 0.3) is 6.08 Å². The number of benzene rings is 2. The molecule has 40 heavy (non-hydrogen) atoms. The highest BCUT2D eigenvalue weighted by molar-refractivity contribution is 7.89. The van der Waals surface area contributed by atoms with E-state index in [9.17, 15) is 18.0 Å². The Balaban J connectivity index is 1.67. The van der Waals surface area contributed by atoms with Gasteiger partial charge in [-0.25, -0.2) is 13.2 Å². The Morgan fingerprint density at radius 2 is 1.73 bits per heavy atom. The minimum Gasteiger partial charge on any atom is -0.465 e. The highest BCUT2D eigenvalue weighted by Gasteiger charge is 2.36. The van der Waals surface area contributed by atoms with Crippen LogP contribution in [0.3, 0.4) is 0 Å². The molecule has 2 aromatic carbocycles. The molecule has 0 fully saturated rings. The minimum absolute atomic E-state index is 0.0722. The van der Waals surface area contributed by atoms with Crippen LogP contribution in [0.2, 0.25) is 5.02 Å². The van der Waals surface area contributed by atoms with Crippen molar-refractivity contribution in [1.29, 1.82) is 0 Å². The van der Waals surface area contributed by atoms with Crippen LogP contribution in [0.5, 0.6) is 0 Å². The number of sulfonamides is 1. The Kier molecular flexibility index (Phi) is 8.78. The molecular weight excluding hydrogens is 552 g/mol. The molecule has 1 aliphatic rings. The highest BCUT2D eigenvalue weighted by Crippen LogP contribution is 2.32. The number of carbonyl (C=O) groups is 2. The van der Waals surface area contributed by atoms with Gasteiger partial charge in [0.1, 0.15) is 11.5 Å². The van der Waals surface area contributed by atoms with E-state index in [1.165, 1.54) is 46.7 Å². The molecule has 0 radical (unpaired) electrons. The number of aryl methyl sites for hydroxylation is 1. The van der Waals surface area contributed by atoms with Crippen molar-refractivity contribution in [2.24, 2.45) is 0 Å². The van der Waals surface area contributed by atoms with Crippen molar-refractivity contribution >= 4 is 39.6 Å². The lowest BCUT2D eigenvalue weighted by molar-refractivity contribution is -0.136. The van der Waals surface area contributed by atoms with Crippen LogP contribution in [0.4, 0.5) is 0 Å². The van der Waals surface area contributed by atoms with Gasteiger partial charge in [0, 0.05) is 23.8 Å². The molecule has 0 bridgehead atoms. The fourth-order valence-corrected chi connectivity index (χ4v) is 5.85. The lowest BCUT2D eigenvalue weighted by atomic mass is 10.1. The third-order valence-electron chi connectivity index (χ3n) is 6.44. The number of hydrogen-bond acceptors (Lipinski definition) is 6. The number of hydrogen-bond donors (Lipinski definition) is 0. The zero-order valence-corrected chi connectivity index (χ0v) is 24.0. The molecule has 0 spiro atoms. The van der Waals surface area contributed by atoms with Crippen molar-refractivity contribution in [3.8, 4) is 0 Å². The van der Waals surface area contributed by atoms with E-state index in [-0.39, 0.29) is 47.3 Å². The predicted octanol–water partition coefficient (Wildman–Crippen LogP) is 5.49. The molecule has 1 aromatic heterocycles. The van der Waals surface area contributed by atoms with E-state index < -0.39 is 16.0 Å². The first-order valence-electron chi connectivity index (χ1n) is 12.4. The molecule has 1 aliphatic heterocycles. The number of carbonyl (C=O) groups excluding carboxylic acids is 2. The summed E-state index contributed by atoms with van der Waals surface area (Å²) in [6.07, 6.45) is 3.02. The Morgan fingerprint density at radius 1 is 1.05 bits per heavy atom. The van der Waals surface area contributed by atoms with Gasteiger partial charge in [-0.1, -0.05) is 47.5 Å². The fraction of sp³-hybridized carbons (Fsp3) is 0.200. The molecule has 1 amide bonds. The second kappa shape index (κ2) is 12.1. The number of furan rings is 1. The summed E-state index contributed by atoms with van der Waals surface area (Å²) >= 11 is 5.98. The highest BCUT2D eigenvalue weighted by atomic mass is 35.5. The average Bonchev–Trinajstić information content (AvgIpc) is 3.47. The number of methoxy groups -OCH3 is 1. The molecule has 10 heteroatoms. The van der Waals surface area contributed by atoms with E-state index in [2.05, 4.69) is 6.58 Å². The molecule has 8 nitrogen and oxygen atoms in total. The summed E-state index contributed by atoms with van der Waals surface area (Å²) in [5.74, 6) is -0.395. The largest absolute Gasteiger partial charge is 0.465 e. The first kappa shape index (κ1) is 29.1. The Morgan fingerprint density at radius 3 is 2.35 bits per heavy atom. The van der Waals surface area contributed by atoms with Gasteiger partial charge in [-0.3, -0.25) is 4.79 Å². The zero-order chi connectivity index (χ0) is 29.0. The lowest BCUT2D eigenvalue weighted by Gasteiger charge is -2.21. The molecule has 0 saturated heterocycles. The van der Waals surface area contributed by atoms with Gasteiger partial charge in [-0.15, -0.1) is 6.58 Å². The van der Waals surface area contributed by atoms with Crippen molar-refractivity contribution in [2.75, 3.05) is 13.7 Å². The van der Waals surface area contributed by atoms with Crippen LogP contribution in [-0.2, 0) is 37.4 Å². The maximum Gasteiger partial charge on any atom is 0.340 e. The van der Waals surface area contributed by atoms with Gasteiger partial charge < -0.3 is 14.1 Å².